The Kier molecular flexibility index (Phi) is 6.59. The van der Waals surface area contributed by atoms with Gasteiger partial charge >= 0.3 is 5.97 Å². The monoisotopic (exact) mass is 464 g/mol. The first-order chi connectivity index (χ1) is 11.7. The van der Waals surface area contributed by atoms with Gasteiger partial charge in [-0.05, 0) is 40.2 Å². The first kappa shape index (κ1) is 19.9. The van der Waals surface area contributed by atoms with Gasteiger partial charge in [-0.1, -0.05) is 29.3 Å². The first-order valence-electron chi connectivity index (χ1n) is 6.76. The zero-order valence-corrected chi connectivity index (χ0v) is 16.3. The summed E-state index contributed by atoms with van der Waals surface area (Å²) in [4.78, 5) is 36.6. The molecule has 1 aromatic carbocycles. The third-order valence-electron chi connectivity index (χ3n) is 3.26. The maximum atomic E-state index is 12.5. The fourth-order valence-corrected chi connectivity index (χ4v) is 3.91. The fourth-order valence-electron chi connectivity index (χ4n) is 2.02. The Morgan fingerprint density at radius 1 is 1.20 bits per heavy atom. The van der Waals surface area contributed by atoms with E-state index in [1.165, 1.54) is 18.2 Å². The van der Waals surface area contributed by atoms with E-state index in [0.717, 1.165) is 15.1 Å². The number of carboxylic acids is 1. The van der Waals surface area contributed by atoms with Gasteiger partial charge in [0, 0.05) is 6.42 Å². The van der Waals surface area contributed by atoms with Crippen LogP contribution in [0.25, 0.3) is 0 Å². The lowest BCUT2D eigenvalue weighted by Gasteiger charge is -2.24. The number of hydrazine groups is 1. The molecule has 2 aromatic rings. The minimum Gasteiger partial charge on any atom is -0.480 e. The van der Waals surface area contributed by atoms with Crippen LogP contribution in [0, 0.1) is 0 Å². The number of hydrogen-bond acceptors (Lipinski definition) is 5. The van der Waals surface area contributed by atoms with Crippen molar-refractivity contribution in [1.82, 2.24) is 5.01 Å². The van der Waals surface area contributed by atoms with Crippen LogP contribution in [0.2, 0.25) is 10.0 Å². The first-order valence-corrected chi connectivity index (χ1v) is 9.12. The van der Waals surface area contributed by atoms with Gasteiger partial charge in [0.25, 0.3) is 5.91 Å². The van der Waals surface area contributed by atoms with Crippen molar-refractivity contribution in [3.8, 4) is 0 Å². The Hall–Kier alpha value is -1.45. The van der Waals surface area contributed by atoms with Gasteiger partial charge < -0.3 is 5.11 Å². The Morgan fingerprint density at radius 2 is 1.80 bits per heavy atom. The van der Waals surface area contributed by atoms with Crippen LogP contribution >= 0.6 is 50.5 Å². The van der Waals surface area contributed by atoms with Gasteiger partial charge in [0.1, 0.15) is 0 Å². The van der Waals surface area contributed by atoms with E-state index in [1.54, 1.807) is 12.1 Å². The molecule has 1 aromatic heterocycles. The van der Waals surface area contributed by atoms with Crippen molar-refractivity contribution >= 4 is 68.1 Å². The molecule has 0 aliphatic heterocycles. The SMILES string of the molecule is NN(C(=O)c1c(Cl)cccc1Cl)[C@@H](CC(=O)c1ccc(Br)s1)C(=O)O. The standard InChI is InChI=1S/C15H11BrCl2N2O4S/c16-12-5-4-11(25-12)10(21)6-9(15(23)24)20(19)14(22)13-7(17)2-1-3-8(13)18/h1-5,9H,6,19H2,(H,23,24)/t9-/m0/s1. The van der Waals surface area contributed by atoms with Crippen LogP contribution in [-0.4, -0.2) is 33.8 Å². The molecule has 0 aliphatic rings. The number of nitrogens with two attached hydrogens (primary N) is 1. The second kappa shape index (κ2) is 8.29. The molecule has 2 rings (SSSR count). The summed E-state index contributed by atoms with van der Waals surface area (Å²) in [6, 6.07) is 6.06. The van der Waals surface area contributed by atoms with Crippen molar-refractivity contribution < 1.29 is 19.5 Å². The molecule has 132 valence electrons. The van der Waals surface area contributed by atoms with Crippen LogP contribution in [0.4, 0.5) is 0 Å². The van der Waals surface area contributed by atoms with Crippen molar-refractivity contribution in [1.29, 1.82) is 0 Å². The van der Waals surface area contributed by atoms with E-state index in [1.807, 2.05) is 0 Å². The second-order valence-electron chi connectivity index (χ2n) is 4.89. The highest BCUT2D eigenvalue weighted by molar-refractivity contribution is 9.11. The van der Waals surface area contributed by atoms with E-state index < -0.39 is 30.1 Å². The Bertz CT molecular complexity index is 822. The number of benzene rings is 1. The molecule has 1 heterocycles. The number of carboxylic acid groups (broad SMARTS) is 1. The molecule has 6 nitrogen and oxygen atoms in total. The summed E-state index contributed by atoms with van der Waals surface area (Å²) in [7, 11) is 0. The van der Waals surface area contributed by atoms with Gasteiger partial charge in [-0.25, -0.2) is 10.6 Å². The van der Waals surface area contributed by atoms with E-state index >= 15 is 0 Å². The topological polar surface area (TPSA) is 101 Å². The number of Topliss-reactive ketones (excluding diaryl/α,β-unsaturated/α-hetero) is 1. The predicted octanol–water partition coefficient (Wildman–Crippen LogP) is 3.86. The molecule has 0 unspecified atom stereocenters. The highest BCUT2D eigenvalue weighted by Crippen LogP contribution is 2.27. The highest BCUT2D eigenvalue weighted by atomic mass is 79.9. The molecule has 25 heavy (non-hydrogen) atoms. The normalized spacial score (nSPS) is 11.8. The van der Waals surface area contributed by atoms with E-state index in [2.05, 4.69) is 15.9 Å². The van der Waals surface area contributed by atoms with Gasteiger partial charge in [0.2, 0.25) is 0 Å². The average molecular weight is 466 g/mol. The van der Waals surface area contributed by atoms with E-state index in [0.29, 0.717) is 9.89 Å². The molecular formula is C15H11BrCl2N2O4S. The smallest absolute Gasteiger partial charge is 0.328 e. The molecule has 1 atom stereocenters. The largest absolute Gasteiger partial charge is 0.480 e. The van der Waals surface area contributed by atoms with Crippen molar-refractivity contribution in [2.45, 2.75) is 12.5 Å². The molecule has 0 aliphatic carbocycles. The lowest BCUT2D eigenvalue weighted by atomic mass is 10.1. The van der Waals surface area contributed by atoms with Crippen molar-refractivity contribution in [2.75, 3.05) is 0 Å². The summed E-state index contributed by atoms with van der Waals surface area (Å²) in [6.45, 7) is 0. The van der Waals surface area contributed by atoms with Gasteiger partial charge in [-0.2, -0.15) is 0 Å². The van der Waals surface area contributed by atoms with E-state index in [9.17, 15) is 19.5 Å². The quantitative estimate of drug-likeness (QED) is 0.292. The molecule has 0 spiro atoms. The van der Waals surface area contributed by atoms with Gasteiger partial charge in [-0.15, -0.1) is 11.3 Å². The fraction of sp³-hybridized carbons (Fsp3) is 0.133. The Labute approximate surface area is 165 Å². The number of halogens is 3. The molecule has 0 saturated heterocycles. The number of rotatable bonds is 6. The average Bonchev–Trinajstić information content (AvgIpc) is 2.97. The molecule has 1 amide bonds. The minimum atomic E-state index is -1.56. The maximum absolute atomic E-state index is 12.5. The zero-order chi connectivity index (χ0) is 18.7. The summed E-state index contributed by atoms with van der Waals surface area (Å²) >= 11 is 16.3. The van der Waals surface area contributed by atoms with Gasteiger partial charge in [0.05, 0.1) is 24.3 Å². The number of amides is 1. The minimum absolute atomic E-state index is 0.0330. The number of carbonyl (C=O) groups is 3. The number of hydrogen-bond donors (Lipinski definition) is 2. The predicted molar refractivity (Wildman–Crippen MR) is 99.2 cm³/mol. The summed E-state index contributed by atoms with van der Waals surface area (Å²) in [5.41, 5.74) is -0.120. The molecule has 0 saturated carbocycles. The number of thiophene rings is 1. The number of nitrogens with zero attached hydrogens (tertiary/aromatic N) is 1. The Balaban J connectivity index is 2.26. The second-order valence-corrected chi connectivity index (χ2v) is 8.17. The number of aliphatic carboxylic acids is 1. The molecule has 3 N–H and O–H groups in total. The van der Waals surface area contributed by atoms with Crippen LogP contribution < -0.4 is 5.84 Å². The maximum Gasteiger partial charge on any atom is 0.328 e. The highest BCUT2D eigenvalue weighted by Gasteiger charge is 2.32. The van der Waals surface area contributed by atoms with Gasteiger partial charge in [-0.3, -0.25) is 14.6 Å². The van der Waals surface area contributed by atoms with E-state index in [-0.39, 0.29) is 15.6 Å². The van der Waals surface area contributed by atoms with Crippen LogP contribution in [0.1, 0.15) is 26.5 Å². The number of ketones is 1. The summed E-state index contributed by atoms with van der Waals surface area (Å²) in [5, 5.41) is 9.92. The zero-order valence-electron chi connectivity index (χ0n) is 12.4. The molecule has 0 fully saturated rings. The van der Waals surface area contributed by atoms with Crippen LogP contribution in [-0.2, 0) is 4.79 Å². The van der Waals surface area contributed by atoms with Crippen LogP contribution in [0.3, 0.4) is 0 Å². The van der Waals surface area contributed by atoms with Crippen molar-refractivity contribution in [2.24, 2.45) is 5.84 Å². The lowest BCUT2D eigenvalue weighted by Crippen LogP contribution is -2.50. The number of carbonyl (C=O) groups excluding carboxylic acids is 2. The summed E-state index contributed by atoms with van der Waals surface area (Å²) in [5.74, 6) is 2.94. The van der Waals surface area contributed by atoms with E-state index in [4.69, 9.17) is 29.0 Å². The third kappa shape index (κ3) is 4.59. The van der Waals surface area contributed by atoms with Crippen LogP contribution in [0.15, 0.2) is 34.1 Å². The molecule has 0 radical (unpaired) electrons. The summed E-state index contributed by atoms with van der Waals surface area (Å²) < 4.78 is 0.728. The Morgan fingerprint density at radius 3 is 2.28 bits per heavy atom. The summed E-state index contributed by atoms with van der Waals surface area (Å²) in [6.07, 6.45) is -0.480. The van der Waals surface area contributed by atoms with Crippen molar-refractivity contribution in [3.63, 3.8) is 0 Å². The molecule has 10 heteroatoms. The molecule has 0 bridgehead atoms. The third-order valence-corrected chi connectivity index (χ3v) is 5.55. The lowest BCUT2D eigenvalue weighted by molar-refractivity contribution is -0.142. The molecular weight excluding hydrogens is 455 g/mol. The van der Waals surface area contributed by atoms with Crippen molar-refractivity contribution in [3.05, 3.63) is 54.6 Å². The van der Waals surface area contributed by atoms with Crippen LogP contribution in [0.5, 0.6) is 0 Å². The van der Waals surface area contributed by atoms with Gasteiger partial charge in [0.15, 0.2) is 11.8 Å².